The number of benzene rings is 3. The summed E-state index contributed by atoms with van der Waals surface area (Å²) >= 11 is 13.3. The molecule has 0 amide bonds. The van der Waals surface area contributed by atoms with E-state index >= 15 is 0 Å². The molecule has 0 saturated carbocycles. The fraction of sp³-hybridized carbons (Fsp3) is 0.0833. The lowest BCUT2D eigenvalue weighted by molar-refractivity contribution is 0.304. The van der Waals surface area contributed by atoms with Crippen molar-refractivity contribution in [1.29, 1.82) is 5.26 Å². The minimum atomic E-state index is -0.267. The van der Waals surface area contributed by atoms with Crippen LogP contribution < -0.4 is 10.3 Å². The standard InChI is InChI=1S/C24H15Br2ClN4O2/c1-14-30-22-7-6-18(25)10-19(22)24(32)31(14)29-12-15-8-20(26)23(21(27)9-15)33-13-17-5-3-2-4-16(17)11-28/h2-10,12H,13H2,1H3. The number of hydrogen-bond donors (Lipinski definition) is 0. The monoisotopic (exact) mass is 584 g/mol. The average molecular weight is 587 g/mol. The summed E-state index contributed by atoms with van der Waals surface area (Å²) in [5, 5.41) is 14.4. The van der Waals surface area contributed by atoms with Gasteiger partial charge in [0, 0.05) is 10.0 Å². The number of hydrogen-bond acceptors (Lipinski definition) is 5. The van der Waals surface area contributed by atoms with Gasteiger partial charge in [0.15, 0.2) is 5.75 Å². The van der Waals surface area contributed by atoms with Crippen LogP contribution in [0.15, 0.2) is 73.4 Å². The molecule has 3 aromatic carbocycles. The number of aromatic nitrogens is 2. The van der Waals surface area contributed by atoms with Gasteiger partial charge in [-0.3, -0.25) is 4.79 Å². The second kappa shape index (κ2) is 9.87. The molecule has 0 aliphatic rings. The van der Waals surface area contributed by atoms with Crippen LogP contribution in [0.3, 0.4) is 0 Å². The van der Waals surface area contributed by atoms with Crippen molar-refractivity contribution in [3.05, 3.63) is 101 Å². The van der Waals surface area contributed by atoms with Crippen LogP contribution in [0.2, 0.25) is 5.02 Å². The van der Waals surface area contributed by atoms with E-state index in [1.807, 2.05) is 18.2 Å². The van der Waals surface area contributed by atoms with Crippen molar-refractivity contribution in [2.24, 2.45) is 5.10 Å². The maximum absolute atomic E-state index is 12.9. The zero-order valence-electron chi connectivity index (χ0n) is 17.2. The van der Waals surface area contributed by atoms with E-state index in [2.05, 4.69) is 48.0 Å². The molecule has 0 radical (unpaired) electrons. The fourth-order valence-electron chi connectivity index (χ4n) is 3.22. The van der Waals surface area contributed by atoms with Gasteiger partial charge < -0.3 is 4.74 Å². The van der Waals surface area contributed by atoms with Crippen LogP contribution in [0.25, 0.3) is 10.9 Å². The third-order valence-corrected chi connectivity index (χ3v) is 6.19. The van der Waals surface area contributed by atoms with Crippen LogP contribution in [0.4, 0.5) is 0 Å². The van der Waals surface area contributed by atoms with Gasteiger partial charge >= 0.3 is 0 Å². The Bertz CT molecular complexity index is 1490. The molecule has 9 heteroatoms. The third kappa shape index (κ3) is 5.01. The summed E-state index contributed by atoms with van der Waals surface area (Å²) in [6.07, 6.45) is 1.53. The predicted octanol–water partition coefficient (Wildman–Crippen LogP) is 6.22. The van der Waals surface area contributed by atoms with Crippen LogP contribution in [0.1, 0.15) is 22.5 Å². The van der Waals surface area contributed by atoms with Crippen LogP contribution in [-0.2, 0) is 6.61 Å². The number of nitriles is 1. The van der Waals surface area contributed by atoms with Crippen molar-refractivity contribution in [2.75, 3.05) is 0 Å². The van der Waals surface area contributed by atoms with Crippen LogP contribution in [0.5, 0.6) is 5.75 Å². The molecule has 0 saturated heterocycles. The number of halogens is 3. The molecular formula is C24H15Br2ClN4O2. The Morgan fingerprint density at radius 3 is 2.76 bits per heavy atom. The van der Waals surface area contributed by atoms with Crippen molar-refractivity contribution in [2.45, 2.75) is 13.5 Å². The highest BCUT2D eigenvalue weighted by Gasteiger charge is 2.12. The van der Waals surface area contributed by atoms with Crippen molar-refractivity contribution in [1.82, 2.24) is 9.66 Å². The van der Waals surface area contributed by atoms with Gasteiger partial charge in [-0.2, -0.15) is 15.0 Å². The Morgan fingerprint density at radius 2 is 2.00 bits per heavy atom. The van der Waals surface area contributed by atoms with E-state index < -0.39 is 0 Å². The van der Waals surface area contributed by atoms with Crippen molar-refractivity contribution in [3.63, 3.8) is 0 Å². The van der Waals surface area contributed by atoms with Gasteiger partial charge in [0.25, 0.3) is 5.56 Å². The van der Waals surface area contributed by atoms with E-state index in [-0.39, 0.29) is 12.2 Å². The fourth-order valence-corrected chi connectivity index (χ4v) is 4.57. The van der Waals surface area contributed by atoms with Gasteiger partial charge in [-0.1, -0.05) is 45.7 Å². The topological polar surface area (TPSA) is 80.3 Å². The maximum atomic E-state index is 12.9. The molecule has 1 heterocycles. The molecule has 0 aliphatic heterocycles. The molecule has 0 unspecified atom stereocenters. The summed E-state index contributed by atoms with van der Waals surface area (Å²) in [5.41, 5.74) is 2.32. The van der Waals surface area contributed by atoms with Crippen LogP contribution in [0, 0.1) is 18.3 Å². The SMILES string of the molecule is Cc1nc2ccc(Br)cc2c(=O)n1N=Cc1cc(Cl)c(OCc2ccccc2C#N)c(Br)c1. The first-order valence-electron chi connectivity index (χ1n) is 9.70. The lowest BCUT2D eigenvalue weighted by atomic mass is 10.1. The van der Waals surface area contributed by atoms with Crippen LogP contribution >= 0.6 is 43.5 Å². The smallest absolute Gasteiger partial charge is 0.282 e. The Kier molecular flexibility index (Phi) is 6.94. The van der Waals surface area contributed by atoms with Crippen molar-refractivity contribution < 1.29 is 4.74 Å². The van der Waals surface area contributed by atoms with E-state index in [1.165, 1.54) is 10.9 Å². The Hall–Kier alpha value is -2.99. The molecular weight excluding hydrogens is 572 g/mol. The van der Waals surface area contributed by atoms with Crippen molar-refractivity contribution in [3.8, 4) is 11.8 Å². The number of rotatable bonds is 5. The Balaban J connectivity index is 1.61. The first-order chi connectivity index (χ1) is 15.9. The molecule has 164 valence electrons. The first kappa shape index (κ1) is 23.2. The molecule has 4 rings (SSSR count). The van der Waals surface area contributed by atoms with E-state index in [1.54, 1.807) is 43.3 Å². The Morgan fingerprint density at radius 1 is 1.21 bits per heavy atom. The third-order valence-electron chi connectivity index (χ3n) is 4.82. The number of aryl methyl sites for hydroxylation is 1. The number of fused-ring (bicyclic) bond motifs is 1. The minimum Gasteiger partial charge on any atom is -0.486 e. The average Bonchev–Trinajstić information content (AvgIpc) is 2.79. The molecule has 1 aromatic heterocycles. The van der Waals surface area contributed by atoms with Gasteiger partial charge in [-0.15, -0.1) is 0 Å². The van der Waals surface area contributed by atoms with Gasteiger partial charge in [0.1, 0.15) is 12.4 Å². The summed E-state index contributed by atoms with van der Waals surface area (Å²) in [7, 11) is 0. The van der Waals surface area contributed by atoms with Gasteiger partial charge in [0.05, 0.1) is 38.2 Å². The summed E-state index contributed by atoms with van der Waals surface area (Å²) in [6.45, 7) is 1.92. The summed E-state index contributed by atoms with van der Waals surface area (Å²) < 4.78 is 8.53. The molecule has 0 aliphatic carbocycles. The van der Waals surface area contributed by atoms with Gasteiger partial charge in [0.2, 0.25) is 0 Å². The van der Waals surface area contributed by atoms with E-state index in [0.717, 1.165) is 10.0 Å². The first-order valence-corrected chi connectivity index (χ1v) is 11.7. The van der Waals surface area contributed by atoms with E-state index in [9.17, 15) is 10.1 Å². The molecule has 0 bridgehead atoms. The van der Waals surface area contributed by atoms with Gasteiger partial charge in [-0.05, 0) is 64.8 Å². The molecule has 0 atom stereocenters. The zero-order chi connectivity index (χ0) is 23.5. The van der Waals surface area contributed by atoms with E-state index in [0.29, 0.717) is 43.1 Å². The quantitative estimate of drug-likeness (QED) is 0.260. The number of ether oxygens (including phenoxy) is 1. The summed E-state index contributed by atoms with van der Waals surface area (Å²) in [4.78, 5) is 17.3. The van der Waals surface area contributed by atoms with E-state index in [4.69, 9.17) is 16.3 Å². The Labute approximate surface area is 211 Å². The summed E-state index contributed by atoms with van der Waals surface area (Å²) in [6, 6.07) is 18.2. The predicted molar refractivity (Wildman–Crippen MR) is 136 cm³/mol. The number of nitrogens with zero attached hydrogens (tertiary/aromatic N) is 4. The molecule has 0 spiro atoms. The lowest BCUT2D eigenvalue weighted by Gasteiger charge is -2.12. The second-order valence-electron chi connectivity index (χ2n) is 7.05. The van der Waals surface area contributed by atoms with Crippen LogP contribution in [-0.4, -0.2) is 15.9 Å². The minimum absolute atomic E-state index is 0.197. The highest BCUT2D eigenvalue weighted by Crippen LogP contribution is 2.35. The highest BCUT2D eigenvalue weighted by molar-refractivity contribution is 9.10. The molecule has 6 nitrogen and oxygen atoms in total. The van der Waals surface area contributed by atoms with Gasteiger partial charge in [-0.25, -0.2) is 4.98 Å². The second-order valence-corrected chi connectivity index (χ2v) is 9.23. The molecule has 4 aromatic rings. The molecule has 0 N–H and O–H groups in total. The van der Waals surface area contributed by atoms with Crippen molar-refractivity contribution >= 4 is 60.6 Å². The summed E-state index contributed by atoms with van der Waals surface area (Å²) in [5.74, 6) is 0.916. The zero-order valence-corrected chi connectivity index (χ0v) is 21.1. The largest absolute Gasteiger partial charge is 0.486 e. The molecule has 33 heavy (non-hydrogen) atoms. The molecule has 0 fully saturated rings. The lowest BCUT2D eigenvalue weighted by Crippen LogP contribution is -2.20. The highest BCUT2D eigenvalue weighted by atomic mass is 79.9. The normalized spacial score (nSPS) is 11.1. The maximum Gasteiger partial charge on any atom is 0.282 e.